The number of carbonyl (C=O) groups is 1. The molecule has 2 rings (SSSR count). The Morgan fingerprint density at radius 2 is 2.35 bits per heavy atom. The Bertz CT molecular complexity index is 390. The number of hydrogen-bond donors (Lipinski definition) is 1. The van der Waals surface area contributed by atoms with Crippen LogP contribution in [0.2, 0.25) is 0 Å². The number of aromatic nitrogens is 2. The quantitative estimate of drug-likeness (QED) is 0.861. The highest BCUT2D eigenvalue weighted by Gasteiger charge is 2.28. The topological polar surface area (TPSA) is 58.1 Å². The smallest absolute Gasteiger partial charge is 0.274 e. The Kier molecular flexibility index (Phi) is 3.56. The number of nitrogens with zero attached hydrogens (tertiary/aromatic N) is 3. The van der Waals surface area contributed by atoms with Gasteiger partial charge in [0.1, 0.15) is 5.82 Å². The van der Waals surface area contributed by atoms with E-state index in [2.05, 4.69) is 22.4 Å². The van der Waals surface area contributed by atoms with E-state index in [0.29, 0.717) is 17.6 Å². The standard InChI is InChI=1S/C12H18N4O/c1-3-9-5-4-8-16(9)12(17)10-6-7-11(13-2)15-14-10/h6-7,9H,3-5,8H2,1-2H3,(H,13,15). The molecule has 1 aliphatic heterocycles. The average molecular weight is 234 g/mol. The van der Waals surface area contributed by atoms with Crippen LogP contribution in [-0.4, -0.2) is 40.6 Å². The minimum atomic E-state index is 0.00417. The molecule has 5 heteroatoms. The number of carbonyl (C=O) groups excluding carboxylic acids is 1. The molecule has 1 saturated heterocycles. The van der Waals surface area contributed by atoms with Crippen molar-refractivity contribution in [1.82, 2.24) is 15.1 Å². The van der Waals surface area contributed by atoms with Gasteiger partial charge in [-0.2, -0.15) is 0 Å². The van der Waals surface area contributed by atoms with E-state index in [-0.39, 0.29) is 5.91 Å². The van der Waals surface area contributed by atoms with Crippen molar-refractivity contribution in [3.05, 3.63) is 17.8 Å². The van der Waals surface area contributed by atoms with Crippen LogP contribution in [0.25, 0.3) is 0 Å². The van der Waals surface area contributed by atoms with E-state index in [9.17, 15) is 4.79 Å². The SMILES string of the molecule is CCC1CCCN1C(=O)c1ccc(NC)nn1. The first-order valence-corrected chi connectivity index (χ1v) is 6.08. The molecule has 1 atom stereocenters. The molecule has 92 valence electrons. The van der Waals surface area contributed by atoms with E-state index >= 15 is 0 Å². The molecule has 1 N–H and O–H groups in total. The second-order valence-electron chi connectivity index (χ2n) is 4.26. The molecule has 0 aliphatic carbocycles. The molecule has 17 heavy (non-hydrogen) atoms. The van der Waals surface area contributed by atoms with Crippen LogP contribution in [0.4, 0.5) is 5.82 Å². The molecule has 1 aromatic heterocycles. The number of anilines is 1. The van der Waals surface area contributed by atoms with E-state index in [4.69, 9.17) is 0 Å². The van der Waals surface area contributed by atoms with Gasteiger partial charge >= 0.3 is 0 Å². The maximum atomic E-state index is 12.2. The summed E-state index contributed by atoms with van der Waals surface area (Å²) >= 11 is 0. The van der Waals surface area contributed by atoms with Gasteiger partial charge in [0, 0.05) is 19.6 Å². The van der Waals surface area contributed by atoms with Crippen LogP contribution in [0.15, 0.2) is 12.1 Å². The van der Waals surface area contributed by atoms with E-state index in [1.54, 1.807) is 19.2 Å². The molecule has 1 fully saturated rings. The normalized spacial score (nSPS) is 19.4. The summed E-state index contributed by atoms with van der Waals surface area (Å²) in [5, 5.41) is 10.8. The van der Waals surface area contributed by atoms with Crippen LogP contribution in [0.1, 0.15) is 36.7 Å². The third-order valence-corrected chi connectivity index (χ3v) is 3.25. The Labute approximate surface area is 101 Å². The van der Waals surface area contributed by atoms with E-state index in [1.165, 1.54) is 0 Å². The van der Waals surface area contributed by atoms with E-state index in [0.717, 1.165) is 25.8 Å². The predicted octanol–water partition coefficient (Wildman–Crippen LogP) is 1.53. The maximum Gasteiger partial charge on any atom is 0.274 e. The van der Waals surface area contributed by atoms with Gasteiger partial charge in [-0.15, -0.1) is 10.2 Å². The first kappa shape index (κ1) is 11.8. The zero-order valence-electron chi connectivity index (χ0n) is 10.3. The number of nitrogens with one attached hydrogen (secondary N) is 1. The van der Waals surface area contributed by atoms with Crippen LogP contribution in [-0.2, 0) is 0 Å². The van der Waals surface area contributed by atoms with Gasteiger partial charge in [-0.25, -0.2) is 0 Å². The number of amides is 1. The lowest BCUT2D eigenvalue weighted by molar-refractivity contribution is 0.0726. The Hall–Kier alpha value is -1.65. The summed E-state index contributed by atoms with van der Waals surface area (Å²) in [5.74, 6) is 0.680. The van der Waals surface area contributed by atoms with Gasteiger partial charge < -0.3 is 10.2 Å². The lowest BCUT2D eigenvalue weighted by Gasteiger charge is -2.22. The monoisotopic (exact) mass is 234 g/mol. The van der Waals surface area contributed by atoms with E-state index in [1.807, 2.05) is 4.90 Å². The number of rotatable bonds is 3. The number of hydrogen-bond acceptors (Lipinski definition) is 4. The summed E-state index contributed by atoms with van der Waals surface area (Å²) in [6, 6.07) is 3.87. The molecular formula is C12H18N4O. The van der Waals surface area contributed by atoms with Crippen LogP contribution in [0.5, 0.6) is 0 Å². The largest absolute Gasteiger partial charge is 0.372 e. The van der Waals surface area contributed by atoms with Crippen LogP contribution in [0.3, 0.4) is 0 Å². The first-order valence-electron chi connectivity index (χ1n) is 6.08. The second kappa shape index (κ2) is 5.12. The average Bonchev–Trinajstić information content (AvgIpc) is 2.86. The predicted molar refractivity (Wildman–Crippen MR) is 65.9 cm³/mol. The molecule has 0 bridgehead atoms. The minimum Gasteiger partial charge on any atom is -0.372 e. The van der Waals surface area contributed by atoms with Crippen LogP contribution in [0, 0.1) is 0 Å². The highest BCUT2D eigenvalue weighted by atomic mass is 16.2. The summed E-state index contributed by atoms with van der Waals surface area (Å²) in [6.07, 6.45) is 3.20. The van der Waals surface area contributed by atoms with Crippen molar-refractivity contribution in [2.45, 2.75) is 32.2 Å². The van der Waals surface area contributed by atoms with Crippen molar-refractivity contribution in [3.8, 4) is 0 Å². The first-order chi connectivity index (χ1) is 8.26. The number of likely N-dealkylation sites (tertiary alicyclic amines) is 1. The summed E-state index contributed by atoms with van der Waals surface area (Å²) in [6.45, 7) is 2.96. The lowest BCUT2D eigenvalue weighted by atomic mass is 10.1. The fraction of sp³-hybridized carbons (Fsp3) is 0.583. The highest BCUT2D eigenvalue weighted by molar-refractivity contribution is 5.92. The Balaban J connectivity index is 2.13. The summed E-state index contributed by atoms with van der Waals surface area (Å²) in [5.41, 5.74) is 0.435. The molecule has 5 nitrogen and oxygen atoms in total. The summed E-state index contributed by atoms with van der Waals surface area (Å²) in [7, 11) is 1.78. The van der Waals surface area contributed by atoms with Crippen molar-refractivity contribution >= 4 is 11.7 Å². The second-order valence-corrected chi connectivity index (χ2v) is 4.26. The minimum absolute atomic E-state index is 0.00417. The van der Waals surface area contributed by atoms with Gasteiger partial charge in [0.2, 0.25) is 0 Å². The molecule has 1 amide bonds. The molecular weight excluding hydrogens is 216 g/mol. The van der Waals surface area contributed by atoms with Crippen LogP contribution < -0.4 is 5.32 Å². The van der Waals surface area contributed by atoms with Crippen molar-refractivity contribution < 1.29 is 4.79 Å². The summed E-state index contributed by atoms with van der Waals surface area (Å²) in [4.78, 5) is 14.1. The van der Waals surface area contributed by atoms with Gasteiger partial charge in [-0.3, -0.25) is 4.79 Å². The Morgan fingerprint density at radius 1 is 1.53 bits per heavy atom. The van der Waals surface area contributed by atoms with Gasteiger partial charge in [0.25, 0.3) is 5.91 Å². The van der Waals surface area contributed by atoms with Gasteiger partial charge in [0.15, 0.2) is 5.69 Å². The molecule has 0 radical (unpaired) electrons. The molecule has 0 saturated carbocycles. The fourth-order valence-corrected chi connectivity index (χ4v) is 2.25. The van der Waals surface area contributed by atoms with E-state index < -0.39 is 0 Å². The Morgan fingerprint density at radius 3 is 2.94 bits per heavy atom. The highest BCUT2D eigenvalue weighted by Crippen LogP contribution is 2.21. The lowest BCUT2D eigenvalue weighted by Crippen LogP contribution is -2.35. The van der Waals surface area contributed by atoms with Crippen molar-refractivity contribution in [1.29, 1.82) is 0 Å². The molecule has 1 unspecified atom stereocenters. The maximum absolute atomic E-state index is 12.2. The zero-order chi connectivity index (χ0) is 12.3. The van der Waals surface area contributed by atoms with Crippen molar-refractivity contribution in [3.63, 3.8) is 0 Å². The third kappa shape index (κ3) is 2.38. The van der Waals surface area contributed by atoms with Crippen molar-refractivity contribution in [2.24, 2.45) is 0 Å². The van der Waals surface area contributed by atoms with Gasteiger partial charge in [0.05, 0.1) is 0 Å². The van der Waals surface area contributed by atoms with Gasteiger partial charge in [-0.1, -0.05) is 6.92 Å². The van der Waals surface area contributed by atoms with Gasteiger partial charge in [-0.05, 0) is 31.4 Å². The van der Waals surface area contributed by atoms with Crippen molar-refractivity contribution in [2.75, 3.05) is 18.9 Å². The summed E-state index contributed by atoms with van der Waals surface area (Å²) < 4.78 is 0. The third-order valence-electron chi connectivity index (χ3n) is 3.25. The fourth-order valence-electron chi connectivity index (χ4n) is 2.25. The molecule has 2 heterocycles. The molecule has 0 spiro atoms. The zero-order valence-corrected chi connectivity index (χ0v) is 10.3. The molecule has 1 aromatic rings. The molecule has 1 aliphatic rings. The van der Waals surface area contributed by atoms with Crippen LogP contribution >= 0.6 is 0 Å². The molecule has 0 aromatic carbocycles.